The Bertz CT molecular complexity index is 4320. The molecule has 5 aromatic heterocycles. The van der Waals surface area contributed by atoms with Crippen molar-refractivity contribution in [1.29, 1.82) is 0 Å². The molecule has 4 aliphatic rings. The third-order valence-electron chi connectivity index (χ3n) is 14.2. The van der Waals surface area contributed by atoms with Crippen LogP contribution in [0.25, 0.3) is 22.1 Å². The van der Waals surface area contributed by atoms with Crippen LogP contribution in [0.15, 0.2) is 33.2 Å². The molecule has 24 N–H and O–H groups in total. The van der Waals surface area contributed by atoms with Crippen molar-refractivity contribution in [2.75, 3.05) is 89.2 Å². The van der Waals surface area contributed by atoms with Crippen molar-refractivity contribution in [3.05, 3.63) is 59.6 Å². The highest BCUT2D eigenvalue weighted by Gasteiger charge is 2.48. The molecule has 0 radical (unpaired) electrons. The van der Waals surface area contributed by atoms with E-state index in [1.807, 2.05) is 28.5 Å². The van der Waals surface area contributed by atoms with Gasteiger partial charge in [-0.15, -0.1) is 12.8 Å². The van der Waals surface area contributed by atoms with Crippen molar-refractivity contribution in [3.63, 3.8) is 0 Å². The Balaban J connectivity index is 0.000000255. The fourth-order valence-electron chi connectivity index (χ4n) is 9.41. The summed E-state index contributed by atoms with van der Waals surface area (Å²) in [5.41, 5.74) is 22.7. The van der Waals surface area contributed by atoms with Gasteiger partial charge in [-0.2, -0.15) is 62.7 Å². The van der Waals surface area contributed by atoms with Crippen LogP contribution in [0.3, 0.4) is 0 Å². The van der Waals surface area contributed by atoms with Crippen LogP contribution in [0.5, 0.6) is 0 Å². The molecule has 4 aliphatic heterocycles. The first kappa shape index (κ1) is 88.0. The molecule has 107 heavy (non-hydrogen) atoms. The lowest BCUT2D eigenvalue weighted by molar-refractivity contribution is -0.173. The normalized spacial score (nSPS) is 22.9. The van der Waals surface area contributed by atoms with Crippen LogP contribution in [0.1, 0.15) is 41.5 Å². The van der Waals surface area contributed by atoms with Crippen LogP contribution in [-0.4, -0.2) is 261 Å². The average Bonchev–Trinajstić information content (AvgIpc) is 1.62. The molecule has 9 heterocycles. The summed E-state index contributed by atoms with van der Waals surface area (Å²) in [7, 11) is 0. The van der Waals surface area contributed by atoms with Crippen molar-refractivity contribution < 1.29 is 142 Å². The number of nitrogen functional groups attached to an aromatic ring is 2. The van der Waals surface area contributed by atoms with E-state index in [1.54, 1.807) is 22.1 Å². The van der Waals surface area contributed by atoms with Crippen molar-refractivity contribution in [1.82, 2.24) is 54.9 Å². The molecule has 13 unspecified atom stereocenters. The van der Waals surface area contributed by atoms with Gasteiger partial charge in [-0.25, -0.2) is 4.99 Å². The molecule has 4 amide bonds. The van der Waals surface area contributed by atoms with Gasteiger partial charge in [0, 0.05) is 40.8 Å². The van der Waals surface area contributed by atoms with E-state index in [0.29, 0.717) is 25.9 Å². The molecule has 13 atom stereocenters. The Kier molecular flexibility index (Phi) is 31.5. The Morgan fingerprint density at radius 3 is 1.38 bits per heavy atom. The van der Waals surface area contributed by atoms with Gasteiger partial charge in [0.05, 0.1) is 68.0 Å². The number of carbonyl (C=O) groups is 4. The summed E-state index contributed by atoms with van der Waals surface area (Å²) < 4.78 is 172. The molecule has 0 spiro atoms. The van der Waals surface area contributed by atoms with Gasteiger partial charge in [-0.1, -0.05) is 35.5 Å². The quantitative estimate of drug-likeness (QED) is 0.0190. The molecule has 0 aromatic carbocycles. The number of aromatic amines is 2. The minimum atomic E-state index is -5.06. The topological polar surface area (TPSA) is 579 Å². The third-order valence-corrected chi connectivity index (χ3v) is 15.0. The van der Waals surface area contributed by atoms with Gasteiger partial charge in [0.15, 0.2) is 35.9 Å². The standard InChI is InChI=1S/C18H23F3N6O6.C16H16F3N5O6.C11H13IN4O5.C7H8F3NO2.C5H4F3NO/c19-18(20,21)16(31)24-3-5-32-4-1-2-8-6-27(14-10(8)13(22)25-17(23)26-14)15-12(30)11(29)9(7-28)33-15;17-16(18,19)14(29)21-3-1-2-6-4-24(11-8(6)12(28)23-15(20)22-11)13-10(27)9(26)7(5-25)30-13;12-3-1-16(8-5(3)9(20)15-11(13)14-8)10-7(19)6(18)4(2-17)21-10;1-2-4-13-5-3-11-6(12)7(8,9)10;1-2-3-9-4(10)5(6,7)8/h6,9,11-13,15,28-30H,3-5,7,22H2,(H,24,31)(H3,23,25,26);4,7,9-10,13,25-27H,3,5H2,(H,21,29)(H3,20,22,23,28);1,4,6-7,10,17-19H,2H2,(H3,13,14,15,20);1H,3-5H2,(H,11,12);1H,3H2,(H,9,10). The molecule has 0 aliphatic carbocycles. The van der Waals surface area contributed by atoms with Crippen LogP contribution in [0.4, 0.5) is 70.4 Å². The van der Waals surface area contributed by atoms with E-state index >= 15 is 0 Å². The minimum Gasteiger partial charge on any atom is -0.394 e. The minimum absolute atomic E-state index is 0.00209. The van der Waals surface area contributed by atoms with Crippen LogP contribution < -0.4 is 60.6 Å². The summed E-state index contributed by atoms with van der Waals surface area (Å²) in [5, 5.41) is 97.5. The summed E-state index contributed by atoms with van der Waals surface area (Å²) in [6, 6.07) is 0. The van der Waals surface area contributed by atoms with Gasteiger partial charge in [0.2, 0.25) is 11.9 Å². The number of nitrogens with two attached hydrogens (primary N) is 4. The lowest BCUT2D eigenvalue weighted by Gasteiger charge is -2.24. The second kappa shape index (κ2) is 38.3. The number of fused-ring (bicyclic) bond motifs is 3. The van der Waals surface area contributed by atoms with E-state index in [0.717, 1.165) is 0 Å². The van der Waals surface area contributed by atoms with Crippen LogP contribution in [-0.2, 0) is 42.9 Å². The number of aromatic nitrogens is 7. The number of nitrogens with zero attached hydrogens (tertiary/aromatic N) is 6. The number of aliphatic hydroxyl groups is 9. The average molecular weight is 1660 g/mol. The number of terminal acetylenes is 2. The Morgan fingerprint density at radius 1 is 0.561 bits per heavy atom. The molecule has 9 rings (SSSR count). The number of amides is 4. The molecular formula is C57H64F12IN17O20. The number of nitrogens with one attached hydrogen (secondary N) is 7. The monoisotopic (exact) mass is 1660 g/mol. The van der Waals surface area contributed by atoms with Gasteiger partial charge < -0.3 is 133 Å². The fraction of sp³-hybridized carbons (Fsp3) is 0.491. The largest absolute Gasteiger partial charge is 0.471 e. The van der Waals surface area contributed by atoms with E-state index in [-0.39, 0.29) is 79.6 Å². The van der Waals surface area contributed by atoms with Crippen molar-refractivity contribution in [2.45, 2.75) is 104 Å². The van der Waals surface area contributed by atoms with Gasteiger partial charge in [-0.05, 0) is 22.6 Å². The smallest absolute Gasteiger partial charge is 0.394 e. The maximum absolute atomic E-state index is 12.3. The first-order valence-electron chi connectivity index (χ1n) is 29.8. The van der Waals surface area contributed by atoms with Gasteiger partial charge in [-0.3, -0.25) is 38.7 Å². The Labute approximate surface area is 604 Å². The molecule has 50 heteroatoms. The zero-order chi connectivity index (χ0) is 80.4. The molecule has 5 aromatic rings. The number of aliphatic imine (C=N–C) groups is 1. The molecular weight excluding hydrogens is 1600 g/mol. The zero-order valence-electron chi connectivity index (χ0n) is 54.1. The lowest BCUT2D eigenvalue weighted by atomic mass is 10.1. The maximum Gasteiger partial charge on any atom is 0.471 e. The number of alkyl halides is 12. The van der Waals surface area contributed by atoms with Crippen molar-refractivity contribution in [2.24, 2.45) is 16.5 Å². The highest BCUT2D eigenvalue weighted by molar-refractivity contribution is 14.1. The molecule has 588 valence electrons. The van der Waals surface area contributed by atoms with Crippen LogP contribution in [0.2, 0.25) is 0 Å². The Hall–Kier alpha value is -9.60. The number of guanidine groups is 1. The molecule has 3 saturated heterocycles. The number of carbonyl (C=O) groups excluding carboxylic acids is 4. The van der Waals surface area contributed by atoms with Crippen LogP contribution in [0, 0.1) is 51.9 Å². The maximum atomic E-state index is 12.3. The summed E-state index contributed by atoms with van der Waals surface area (Å²) in [6.07, 6.45) is -21.3. The molecule has 3 fully saturated rings. The lowest BCUT2D eigenvalue weighted by Crippen LogP contribution is -2.38. The predicted molar refractivity (Wildman–Crippen MR) is 347 cm³/mol. The zero-order valence-corrected chi connectivity index (χ0v) is 56.2. The van der Waals surface area contributed by atoms with Gasteiger partial charge >= 0.3 is 48.3 Å². The number of halogens is 13. The molecule has 37 nitrogen and oxygen atoms in total. The highest BCUT2D eigenvalue weighted by atomic mass is 127. The van der Waals surface area contributed by atoms with E-state index in [2.05, 4.69) is 71.0 Å². The van der Waals surface area contributed by atoms with Gasteiger partial charge in [0.1, 0.15) is 80.1 Å². The number of hydrogen-bond acceptors (Lipinski definition) is 28. The number of ether oxygens (including phenoxy) is 5. The second-order valence-corrected chi connectivity index (χ2v) is 22.8. The SMILES string of the molecule is C#CCNC(=O)C(F)(F)F.C#CCOCCNC(=O)C(F)(F)F.NC1=NC(N)c2c(C#CCOCCNC(=O)C(F)(F)F)cn(C3OC(CO)C(O)C3O)c2N1.Nc1nc2c(c(C#CCNC(=O)C(F)(F)F)cn2C2OC(CO)C(O)C2O)c(=O)[nH]1.Nc1nc2c(c(I)cn2C2OC(CO)C(O)C2O)c(=O)[nH]1. The first-order valence-corrected chi connectivity index (χ1v) is 30.9. The number of aliphatic hydroxyl groups excluding tert-OH is 9. The molecule has 0 bridgehead atoms. The molecule has 0 saturated carbocycles. The van der Waals surface area contributed by atoms with E-state index in [4.69, 9.17) is 53.4 Å². The van der Waals surface area contributed by atoms with Gasteiger partial charge in [0.25, 0.3) is 11.1 Å². The summed E-state index contributed by atoms with van der Waals surface area (Å²) in [4.78, 5) is 82.5. The van der Waals surface area contributed by atoms with Crippen LogP contribution >= 0.6 is 22.6 Å². The first-order chi connectivity index (χ1) is 50.0. The third kappa shape index (κ3) is 23.2. The Morgan fingerprint density at radius 2 is 0.953 bits per heavy atom. The highest BCUT2D eigenvalue weighted by Crippen LogP contribution is 2.39. The van der Waals surface area contributed by atoms with Crippen molar-refractivity contribution >= 4 is 92.0 Å². The number of anilines is 3. The van der Waals surface area contributed by atoms with Crippen molar-refractivity contribution in [3.8, 4) is 48.4 Å². The van der Waals surface area contributed by atoms with E-state index in [1.165, 1.54) is 31.4 Å². The number of rotatable bonds is 16. The van der Waals surface area contributed by atoms with E-state index in [9.17, 15) is 122 Å². The number of H-pyrrole nitrogens is 2. The number of hydrogen-bond donors (Lipinski definition) is 20. The summed E-state index contributed by atoms with van der Waals surface area (Å²) in [5.74, 6) is 5.95. The van der Waals surface area contributed by atoms with E-state index < -0.39 is 172 Å². The fourth-order valence-corrected chi connectivity index (χ4v) is 10.2. The summed E-state index contributed by atoms with van der Waals surface area (Å²) in [6.45, 7) is -3.52. The summed E-state index contributed by atoms with van der Waals surface area (Å²) >= 11 is 1.96. The predicted octanol–water partition coefficient (Wildman–Crippen LogP) is -5.07. The second-order valence-electron chi connectivity index (χ2n) is 21.6.